The molecule has 0 bridgehead atoms. The second kappa shape index (κ2) is 10.0. The molecule has 4 heteroatoms. The predicted molar refractivity (Wildman–Crippen MR) is 124 cm³/mol. The van der Waals surface area contributed by atoms with Gasteiger partial charge in [0, 0.05) is 25.3 Å². The molecule has 2 aromatic carbocycles. The van der Waals surface area contributed by atoms with E-state index in [4.69, 9.17) is 4.74 Å². The molecule has 30 heavy (non-hydrogen) atoms. The SMILES string of the molecule is CC[C@@H](Oc1ccc(C(C)(C)C)cc1)C(=O)NCCCN1CCCc2ccccc21. The summed E-state index contributed by atoms with van der Waals surface area (Å²) in [6.07, 6.45) is 3.48. The number of ether oxygens (including phenoxy) is 1. The van der Waals surface area contributed by atoms with Crippen LogP contribution in [0.2, 0.25) is 0 Å². The van der Waals surface area contributed by atoms with Gasteiger partial charge in [0.05, 0.1) is 0 Å². The van der Waals surface area contributed by atoms with E-state index in [-0.39, 0.29) is 11.3 Å². The number of hydrogen-bond donors (Lipinski definition) is 1. The number of nitrogens with zero attached hydrogens (tertiary/aromatic N) is 1. The maximum atomic E-state index is 12.6. The first-order valence-electron chi connectivity index (χ1n) is 11.3. The van der Waals surface area contributed by atoms with Crippen molar-refractivity contribution in [1.82, 2.24) is 5.32 Å². The molecule has 0 saturated carbocycles. The molecule has 0 radical (unpaired) electrons. The summed E-state index contributed by atoms with van der Waals surface area (Å²) in [6, 6.07) is 16.7. The highest BCUT2D eigenvalue weighted by Crippen LogP contribution is 2.27. The van der Waals surface area contributed by atoms with Crippen molar-refractivity contribution in [2.24, 2.45) is 0 Å². The van der Waals surface area contributed by atoms with Crippen molar-refractivity contribution in [2.75, 3.05) is 24.5 Å². The van der Waals surface area contributed by atoms with Gasteiger partial charge in [-0.3, -0.25) is 4.79 Å². The molecule has 0 spiro atoms. The number of benzene rings is 2. The van der Waals surface area contributed by atoms with Gasteiger partial charge >= 0.3 is 0 Å². The summed E-state index contributed by atoms with van der Waals surface area (Å²) < 4.78 is 5.96. The lowest BCUT2D eigenvalue weighted by Crippen LogP contribution is -2.39. The Morgan fingerprint density at radius 1 is 1.13 bits per heavy atom. The zero-order chi connectivity index (χ0) is 21.6. The van der Waals surface area contributed by atoms with Crippen LogP contribution in [0.15, 0.2) is 48.5 Å². The number of aryl methyl sites for hydroxylation is 1. The predicted octanol–water partition coefficient (Wildman–Crippen LogP) is 5.10. The number of hydrogen-bond acceptors (Lipinski definition) is 3. The van der Waals surface area contributed by atoms with E-state index in [0.29, 0.717) is 13.0 Å². The van der Waals surface area contributed by atoms with Crippen LogP contribution in [0.1, 0.15) is 58.1 Å². The van der Waals surface area contributed by atoms with Gasteiger partial charge in [0.15, 0.2) is 6.10 Å². The molecule has 0 fully saturated rings. The number of para-hydroxylation sites is 1. The highest BCUT2D eigenvalue weighted by Gasteiger charge is 2.20. The van der Waals surface area contributed by atoms with Crippen molar-refractivity contribution in [2.45, 2.75) is 64.9 Å². The molecule has 162 valence electrons. The van der Waals surface area contributed by atoms with Crippen LogP contribution in [0, 0.1) is 0 Å². The Balaban J connectivity index is 1.46. The summed E-state index contributed by atoms with van der Waals surface area (Å²) in [6.45, 7) is 11.3. The Morgan fingerprint density at radius 2 is 1.87 bits per heavy atom. The maximum absolute atomic E-state index is 12.6. The summed E-state index contributed by atoms with van der Waals surface area (Å²) in [7, 11) is 0. The van der Waals surface area contributed by atoms with Gasteiger partial charge in [0.1, 0.15) is 5.75 Å². The Kier molecular flexibility index (Phi) is 7.41. The Morgan fingerprint density at radius 3 is 2.57 bits per heavy atom. The molecular weight excluding hydrogens is 372 g/mol. The summed E-state index contributed by atoms with van der Waals surface area (Å²) in [5.41, 5.74) is 4.15. The van der Waals surface area contributed by atoms with Crippen LogP contribution in [0.5, 0.6) is 5.75 Å². The van der Waals surface area contributed by atoms with E-state index in [0.717, 1.165) is 31.7 Å². The molecule has 1 heterocycles. The lowest BCUT2D eigenvalue weighted by Gasteiger charge is -2.31. The molecule has 1 aliphatic heterocycles. The third-order valence-electron chi connectivity index (χ3n) is 5.77. The lowest BCUT2D eigenvalue weighted by atomic mass is 9.87. The molecular formula is C26H36N2O2. The topological polar surface area (TPSA) is 41.6 Å². The standard InChI is InChI=1S/C26H36N2O2/c1-5-24(30-22-15-13-21(14-16-22)26(2,3)4)25(29)27-17-9-19-28-18-8-11-20-10-6-7-12-23(20)28/h6-7,10,12-16,24H,5,8-9,11,17-19H2,1-4H3,(H,27,29)/t24-/m1/s1. The zero-order valence-electron chi connectivity index (χ0n) is 18.9. The number of carbonyl (C=O) groups is 1. The Bertz CT molecular complexity index is 824. The molecule has 4 nitrogen and oxygen atoms in total. The number of amides is 1. The van der Waals surface area contributed by atoms with Gasteiger partial charge in [-0.2, -0.15) is 0 Å². The van der Waals surface area contributed by atoms with E-state index in [1.807, 2.05) is 19.1 Å². The average Bonchev–Trinajstić information content (AvgIpc) is 2.74. The first-order valence-corrected chi connectivity index (χ1v) is 11.3. The van der Waals surface area contributed by atoms with Gasteiger partial charge in [0.2, 0.25) is 0 Å². The molecule has 0 aromatic heterocycles. The monoisotopic (exact) mass is 408 g/mol. The van der Waals surface area contributed by atoms with E-state index in [9.17, 15) is 4.79 Å². The number of rotatable bonds is 8. The fourth-order valence-corrected chi connectivity index (χ4v) is 3.96. The minimum atomic E-state index is -0.457. The lowest BCUT2D eigenvalue weighted by molar-refractivity contribution is -0.128. The fraction of sp³-hybridized carbons (Fsp3) is 0.500. The van der Waals surface area contributed by atoms with Gasteiger partial charge in [-0.1, -0.05) is 58.0 Å². The highest BCUT2D eigenvalue weighted by atomic mass is 16.5. The van der Waals surface area contributed by atoms with Gasteiger partial charge in [-0.05, 0) is 60.4 Å². The van der Waals surface area contributed by atoms with Gasteiger partial charge in [-0.15, -0.1) is 0 Å². The zero-order valence-corrected chi connectivity index (χ0v) is 18.9. The van der Waals surface area contributed by atoms with Crippen LogP contribution in [0.25, 0.3) is 0 Å². The molecule has 0 aliphatic carbocycles. The number of carbonyl (C=O) groups excluding carboxylic acids is 1. The average molecular weight is 409 g/mol. The first kappa shape index (κ1) is 22.2. The minimum absolute atomic E-state index is 0.0311. The normalized spacial score (nSPS) is 14.7. The molecule has 1 aliphatic rings. The van der Waals surface area contributed by atoms with E-state index in [1.165, 1.54) is 23.2 Å². The van der Waals surface area contributed by atoms with Crippen LogP contribution in [-0.2, 0) is 16.6 Å². The summed E-state index contributed by atoms with van der Waals surface area (Å²) in [5, 5.41) is 3.06. The number of anilines is 1. The molecule has 1 amide bonds. The summed E-state index contributed by atoms with van der Waals surface area (Å²) in [4.78, 5) is 15.0. The van der Waals surface area contributed by atoms with Crippen molar-refractivity contribution in [3.05, 3.63) is 59.7 Å². The van der Waals surface area contributed by atoms with Crippen LogP contribution in [0.4, 0.5) is 5.69 Å². The smallest absolute Gasteiger partial charge is 0.261 e. The quantitative estimate of drug-likeness (QED) is 0.618. The maximum Gasteiger partial charge on any atom is 0.261 e. The molecule has 1 N–H and O–H groups in total. The summed E-state index contributed by atoms with van der Waals surface area (Å²) >= 11 is 0. The Labute approximate surface area is 181 Å². The molecule has 1 atom stereocenters. The van der Waals surface area contributed by atoms with Crippen LogP contribution >= 0.6 is 0 Å². The van der Waals surface area contributed by atoms with Crippen molar-refractivity contribution in [1.29, 1.82) is 0 Å². The molecule has 0 unspecified atom stereocenters. The van der Waals surface area contributed by atoms with E-state index >= 15 is 0 Å². The second-order valence-corrected chi connectivity index (χ2v) is 9.15. The Hall–Kier alpha value is -2.49. The van der Waals surface area contributed by atoms with Crippen LogP contribution in [0.3, 0.4) is 0 Å². The molecule has 3 rings (SSSR count). The second-order valence-electron chi connectivity index (χ2n) is 9.15. The van der Waals surface area contributed by atoms with Crippen LogP contribution in [-0.4, -0.2) is 31.6 Å². The van der Waals surface area contributed by atoms with Crippen molar-refractivity contribution < 1.29 is 9.53 Å². The van der Waals surface area contributed by atoms with E-state index < -0.39 is 6.10 Å². The van der Waals surface area contributed by atoms with Crippen molar-refractivity contribution in [3.63, 3.8) is 0 Å². The van der Waals surface area contributed by atoms with Gasteiger partial charge in [-0.25, -0.2) is 0 Å². The summed E-state index contributed by atoms with van der Waals surface area (Å²) in [5.74, 6) is 0.714. The third-order valence-corrected chi connectivity index (χ3v) is 5.77. The number of fused-ring (bicyclic) bond motifs is 1. The number of nitrogens with one attached hydrogen (secondary N) is 1. The van der Waals surface area contributed by atoms with Crippen molar-refractivity contribution in [3.8, 4) is 5.75 Å². The minimum Gasteiger partial charge on any atom is -0.481 e. The first-order chi connectivity index (χ1) is 14.4. The largest absolute Gasteiger partial charge is 0.481 e. The van der Waals surface area contributed by atoms with Gasteiger partial charge in [0.25, 0.3) is 5.91 Å². The van der Waals surface area contributed by atoms with Crippen LogP contribution < -0.4 is 15.0 Å². The van der Waals surface area contributed by atoms with Crippen molar-refractivity contribution >= 4 is 11.6 Å². The van der Waals surface area contributed by atoms with E-state index in [2.05, 4.69) is 67.4 Å². The molecule has 2 aromatic rings. The van der Waals surface area contributed by atoms with E-state index in [1.54, 1.807) is 0 Å². The molecule has 0 saturated heterocycles. The van der Waals surface area contributed by atoms with Gasteiger partial charge < -0.3 is 15.0 Å². The third kappa shape index (κ3) is 5.78. The highest BCUT2D eigenvalue weighted by molar-refractivity contribution is 5.81. The fourth-order valence-electron chi connectivity index (χ4n) is 3.96.